The van der Waals surface area contributed by atoms with Crippen molar-refractivity contribution in [3.63, 3.8) is 0 Å². The number of aryl methyl sites for hydroxylation is 9. The molecule has 1 atom stereocenters. The van der Waals surface area contributed by atoms with E-state index in [-0.39, 0.29) is 5.92 Å². The normalized spacial score (nSPS) is 13.6. The maximum Gasteiger partial charge on any atom is 0.212 e. The van der Waals surface area contributed by atoms with Crippen molar-refractivity contribution < 1.29 is 45.5 Å². The van der Waals surface area contributed by atoms with Crippen LogP contribution in [0.4, 0.5) is 0 Å². The monoisotopic (exact) mass is 1460 g/mol. The van der Waals surface area contributed by atoms with Gasteiger partial charge in [-0.2, -0.15) is 0 Å². The van der Waals surface area contributed by atoms with E-state index in [4.69, 9.17) is 27.3 Å². The third-order valence-corrected chi connectivity index (χ3v) is 22.4. The van der Waals surface area contributed by atoms with E-state index in [2.05, 4.69) is 244 Å². The van der Waals surface area contributed by atoms with Crippen molar-refractivity contribution >= 4 is 131 Å². The molecule has 0 saturated carbocycles. The molecule has 0 aliphatic rings. The maximum atomic E-state index is 8.53. The fourth-order valence-electron chi connectivity index (χ4n) is 16.5. The lowest BCUT2D eigenvalue weighted by Gasteiger charge is -2.09. The minimum atomic E-state index is -2.43. The lowest BCUT2D eigenvalue weighted by Crippen LogP contribution is -2.30. The van der Waals surface area contributed by atoms with Crippen LogP contribution in [0.3, 0.4) is 0 Å². The first kappa shape index (κ1) is 63.4. The first-order valence-corrected chi connectivity index (χ1v) is 38.2. The van der Waals surface area contributed by atoms with Crippen LogP contribution in [0.5, 0.6) is 0 Å². The Morgan fingerprint density at radius 2 is 0.613 bits per heavy atom. The molecule has 111 heavy (non-hydrogen) atoms. The highest BCUT2D eigenvalue weighted by Gasteiger charge is 2.26. The van der Waals surface area contributed by atoms with Gasteiger partial charge in [0.25, 0.3) is 0 Å². The number of hydrogen-bond donors (Lipinski definition) is 0. The molecule has 0 saturated heterocycles. The third kappa shape index (κ3) is 12.8. The van der Waals surface area contributed by atoms with Crippen molar-refractivity contribution in [1.82, 2.24) is 0 Å². The maximum absolute atomic E-state index is 8.53. The molecule has 0 aliphatic heterocycles. The number of pyridine rings is 4. The van der Waals surface area contributed by atoms with Crippen LogP contribution in [-0.2, 0) is 34.6 Å². The second-order valence-corrected chi connectivity index (χ2v) is 30.4. The van der Waals surface area contributed by atoms with Gasteiger partial charge in [-0.3, -0.25) is 0 Å². The number of benzene rings is 12. The molecule has 20 aromatic rings. The molecule has 20 rings (SSSR count). The van der Waals surface area contributed by atoms with Gasteiger partial charge in [0.2, 0.25) is 22.8 Å². The Balaban J connectivity index is 0.000000113. The molecule has 8 heterocycles. The molecule has 0 radical (unpaired) electrons. The summed E-state index contributed by atoms with van der Waals surface area (Å²) in [4.78, 5) is 0. The average molecular weight is 1460 g/mol. The van der Waals surface area contributed by atoms with E-state index >= 15 is 0 Å². The SMILES string of the molecule is Cc1cc[n+](C)c(-c2ccc3c(oc4ccc5ccccc5c43)c2C)c1.[2H]C(C)(C)c1cc[n+](C)c(-c2ccc3c(oc4ccc5ccccc5c43)c2C)c1.[2H]C([2H])([2H])C([2H])(C)c1cc[n+](C)c(-c2ccc3c(oc4ccc5ccccc5c43)c2C)c1.[2H]C([2H])(c1cc[n+](C)c(-c2ccc3c(oc4ccc5ccccc5c43)c2C)c1)C(C)C. The van der Waals surface area contributed by atoms with Crippen molar-refractivity contribution in [2.75, 3.05) is 0 Å². The average Bonchev–Trinajstić information content (AvgIpc) is 1.58. The van der Waals surface area contributed by atoms with E-state index in [1.54, 1.807) is 6.07 Å². The topological polar surface area (TPSA) is 68.1 Å². The summed E-state index contributed by atoms with van der Waals surface area (Å²) in [6.07, 6.45) is 6.52. The van der Waals surface area contributed by atoms with Crippen LogP contribution in [0.1, 0.15) is 107 Å². The smallest absolute Gasteiger partial charge is 0.212 e. The largest absolute Gasteiger partial charge is 0.456 e. The van der Waals surface area contributed by atoms with E-state index < -0.39 is 25.0 Å². The minimum Gasteiger partial charge on any atom is -0.456 e. The summed E-state index contributed by atoms with van der Waals surface area (Å²) >= 11 is 0. The van der Waals surface area contributed by atoms with Gasteiger partial charge in [0, 0.05) is 123 Å². The summed E-state index contributed by atoms with van der Waals surface area (Å²) in [5.74, 6) is -2.45. The molecule has 0 spiro atoms. The first-order valence-electron chi connectivity index (χ1n) is 41.7. The second-order valence-electron chi connectivity index (χ2n) is 30.4. The van der Waals surface area contributed by atoms with Gasteiger partial charge < -0.3 is 17.7 Å². The summed E-state index contributed by atoms with van der Waals surface area (Å²) in [7, 11) is 8.06. The predicted molar refractivity (Wildman–Crippen MR) is 462 cm³/mol. The lowest BCUT2D eigenvalue weighted by molar-refractivity contribution is -0.660. The molecular formula is C103H94N4O4+4. The molecule has 8 aromatic heterocycles. The Hall–Kier alpha value is -12.5. The third-order valence-electron chi connectivity index (χ3n) is 22.4. The van der Waals surface area contributed by atoms with Gasteiger partial charge in [-0.25, -0.2) is 18.3 Å². The molecule has 0 aliphatic carbocycles. The predicted octanol–water partition coefficient (Wildman–Crippen LogP) is 25.9. The number of aromatic nitrogens is 4. The second kappa shape index (κ2) is 28.8. The lowest BCUT2D eigenvalue weighted by atomic mass is 9.96. The van der Waals surface area contributed by atoms with Gasteiger partial charge >= 0.3 is 0 Å². The first-order chi connectivity index (χ1) is 56.4. The van der Waals surface area contributed by atoms with E-state index in [0.29, 0.717) is 11.1 Å². The van der Waals surface area contributed by atoms with Gasteiger partial charge in [0.05, 0.1) is 22.3 Å². The zero-order valence-corrected chi connectivity index (χ0v) is 65.4. The van der Waals surface area contributed by atoms with Gasteiger partial charge in [0.15, 0.2) is 24.8 Å². The summed E-state index contributed by atoms with van der Waals surface area (Å²) in [6.45, 7) is 17.2. The molecule has 0 N–H and O–H groups in total. The Morgan fingerprint density at radius 1 is 0.315 bits per heavy atom. The van der Waals surface area contributed by atoms with Crippen LogP contribution in [0.25, 0.3) is 176 Å². The van der Waals surface area contributed by atoms with Gasteiger partial charge in [-0.1, -0.05) is 163 Å². The number of furan rings is 4. The van der Waals surface area contributed by atoms with Gasteiger partial charge in [-0.05, 0) is 197 Å². The Labute approximate surface area is 658 Å². The minimum absolute atomic E-state index is 0.111. The number of fused-ring (bicyclic) bond motifs is 20. The highest BCUT2D eigenvalue weighted by Crippen LogP contribution is 2.44. The van der Waals surface area contributed by atoms with Crippen LogP contribution in [0, 0.1) is 40.5 Å². The molecule has 0 fully saturated rings. The van der Waals surface area contributed by atoms with Crippen molar-refractivity contribution in [2.24, 2.45) is 34.1 Å². The Morgan fingerprint density at radius 3 is 0.937 bits per heavy atom. The van der Waals surface area contributed by atoms with E-state index in [0.717, 1.165) is 133 Å². The van der Waals surface area contributed by atoms with Crippen molar-refractivity contribution in [1.29, 1.82) is 0 Å². The quantitative estimate of drug-likeness (QED) is 0.142. The Kier molecular flexibility index (Phi) is 16.5. The van der Waals surface area contributed by atoms with Crippen LogP contribution < -0.4 is 18.3 Å². The van der Waals surface area contributed by atoms with Crippen molar-refractivity contribution in [2.45, 2.75) is 94.3 Å². The Bertz CT molecular complexity index is 7460. The van der Waals surface area contributed by atoms with E-state index in [1.807, 2.05) is 126 Å². The molecule has 8 nitrogen and oxygen atoms in total. The van der Waals surface area contributed by atoms with Crippen molar-refractivity contribution in [3.05, 3.63) is 312 Å². The zero-order chi connectivity index (χ0) is 82.9. The highest BCUT2D eigenvalue weighted by atomic mass is 16.3. The van der Waals surface area contributed by atoms with E-state index in [1.165, 1.54) is 83.2 Å². The van der Waals surface area contributed by atoms with Crippen LogP contribution in [0.15, 0.2) is 285 Å². The molecule has 0 amide bonds. The fourth-order valence-corrected chi connectivity index (χ4v) is 16.5. The number of nitrogens with zero attached hydrogens (tertiary/aromatic N) is 4. The van der Waals surface area contributed by atoms with Crippen LogP contribution >= 0.6 is 0 Å². The molecule has 12 aromatic carbocycles. The van der Waals surface area contributed by atoms with Gasteiger partial charge in [-0.15, -0.1) is 0 Å². The summed E-state index contributed by atoms with van der Waals surface area (Å²) in [5.41, 5.74) is 23.5. The summed E-state index contributed by atoms with van der Waals surface area (Å²) in [5, 5.41) is 18.8. The molecular weight excluding hydrogens is 1360 g/mol. The van der Waals surface area contributed by atoms with Crippen LogP contribution in [-0.4, -0.2) is 0 Å². The number of hydrogen-bond acceptors (Lipinski definition) is 4. The molecule has 546 valence electrons. The standard InChI is InChI=1S/C27H26NO.2C26H24NO.C24H20NO/c1-17(2)15-19-13-14-28(4)24(16-19)21-10-11-23-26-22-8-6-5-7-20(22)9-12-25(26)29-27(23)18(21)3;2*1-16(2)19-13-14-27(4)23(15-19)20-10-11-22-25-21-8-6-5-7-18(21)9-12-24(25)28-26(22)17(20)3;1-15-12-13-25(3)21(14-15)18-9-10-20-23-19-7-5-4-6-17(19)8-11-22(23)26-24(20)16(18)2/h5-14,16-17H,15H2,1-4H3;2*5-16H,1-4H3;4-14H,1-3H3/q4*+1/i15D2;1D3,16D;16D;. The molecule has 8 heteroatoms. The van der Waals surface area contributed by atoms with Crippen molar-refractivity contribution in [3.8, 4) is 45.0 Å². The number of rotatable bonds is 8. The van der Waals surface area contributed by atoms with E-state index in [9.17, 15) is 0 Å². The molecule has 0 bridgehead atoms. The zero-order valence-electron chi connectivity index (χ0n) is 72.4. The fraction of sp³-hybridized carbons (Fsp3) is 0.184. The van der Waals surface area contributed by atoms with Gasteiger partial charge in [0.1, 0.15) is 72.9 Å². The van der Waals surface area contributed by atoms with Crippen LogP contribution in [0.2, 0.25) is 0 Å². The molecule has 1 unspecified atom stereocenters. The highest BCUT2D eigenvalue weighted by molar-refractivity contribution is 6.23. The summed E-state index contributed by atoms with van der Waals surface area (Å²) in [6, 6.07) is 83.4. The summed E-state index contributed by atoms with van der Waals surface area (Å²) < 4.78 is 91.0.